The summed E-state index contributed by atoms with van der Waals surface area (Å²) in [5, 5.41) is 2.97. The number of urea groups is 1. The molecule has 0 radical (unpaired) electrons. The first-order valence-corrected chi connectivity index (χ1v) is 8.55. The van der Waals surface area contributed by atoms with Crippen LogP contribution in [0.5, 0.6) is 0 Å². The van der Waals surface area contributed by atoms with Crippen LogP contribution >= 0.6 is 0 Å². The average molecular weight is 349 g/mol. The number of benzene rings is 1. The number of rotatable bonds is 6. The van der Waals surface area contributed by atoms with Crippen LogP contribution in [0.15, 0.2) is 61.2 Å². The summed E-state index contributed by atoms with van der Waals surface area (Å²) in [4.78, 5) is 22.2. The summed E-state index contributed by atoms with van der Waals surface area (Å²) in [5.41, 5.74) is 3.31. The third-order valence-electron chi connectivity index (χ3n) is 4.23. The number of carbonyl (C=O) groups excluding carboxylic acids is 1. The van der Waals surface area contributed by atoms with E-state index >= 15 is 0 Å². The highest BCUT2D eigenvalue weighted by Crippen LogP contribution is 2.09. The molecule has 2 aromatic heterocycles. The summed E-state index contributed by atoms with van der Waals surface area (Å²) in [6, 6.07) is 12.0. The fraction of sp³-hybridized carbons (Fsp3) is 0.250. The lowest BCUT2D eigenvalue weighted by Gasteiger charge is -2.18. The topological polar surface area (TPSA) is 63.1 Å². The minimum Gasteiger partial charge on any atom is -0.334 e. The molecule has 0 bridgehead atoms. The molecule has 0 aliphatic rings. The smallest absolute Gasteiger partial charge is 0.317 e. The first-order chi connectivity index (χ1) is 12.6. The number of nitrogens with one attached hydrogen (secondary N) is 1. The molecule has 0 aliphatic heterocycles. The van der Waals surface area contributed by atoms with Crippen molar-refractivity contribution in [1.29, 1.82) is 0 Å². The summed E-state index contributed by atoms with van der Waals surface area (Å²) in [6.07, 6.45) is 7.24. The molecule has 6 nitrogen and oxygen atoms in total. The Balaban J connectivity index is 1.55. The van der Waals surface area contributed by atoms with Crippen LogP contribution in [-0.4, -0.2) is 32.5 Å². The van der Waals surface area contributed by atoms with E-state index in [1.165, 1.54) is 5.56 Å². The summed E-state index contributed by atoms with van der Waals surface area (Å²) < 4.78 is 2.10. The molecule has 1 aromatic carbocycles. The lowest BCUT2D eigenvalue weighted by atomic mass is 10.1. The van der Waals surface area contributed by atoms with Gasteiger partial charge in [0, 0.05) is 51.5 Å². The first-order valence-electron chi connectivity index (χ1n) is 8.55. The van der Waals surface area contributed by atoms with Gasteiger partial charge in [0.2, 0.25) is 0 Å². The van der Waals surface area contributed by atoms with Crippen LogP contribution < -0.4 is 5.32 Å². The number of amides is 2. The molecular formula is C20H23N5O. The molecule has 6 heteroatoms. The highest BCUT2D eigenvalue weighted by molar-refractivity contribution is 5.73. The molecule has 0 saturated carbocycles. The fourth-order valence-corrected chi connectivity index (χ4v) is 2.75. The third-order valence-corrected chi connectivity index (χ3v) is 4.23. The predicted molar refractivity (Wildman–Crippen MR) is 100 cm³/mol. The Morgan fingerprint density at radius 1 is 1.12 bits per heavy atom. The van der Waals surface area contributed by atoms with Crippen LogP contribution in [0.4, 0.5) is 4.79 Å². The highest BCUT2D eigenvalue weighted by atomic mass is 16.2. The van der Waals surface area contributed by atoms with Crippen molar-refractivity contribution in [2.75, 3.05) is 7.05 Å². The van der Waals surface area contributed by atoms with E-state index in [2.05, 4.69) is 32.0 Å². The van der Waals surface area contributed by atoms with Gasteiger partial charge in [0.1, 0.15) is 5.82 Å². The molecule has 2 heterocycles. The normalized spacial score (nSPS) is 10.5. The van der Waals surface area contributed by atoms with E-state index in [9.17, 15) is 4.79 Å². The number of aryl methyl sites for hydroxylation is 1. The van der Waals surface area contributed by atoms with Crippen molar-refractivity contribution < 1.29 is 4.79 Å². The highest BCUT2D eigenvalue weighted by Gasteiger charge is 2.09. The van der Waals surface area contributed by atoms with Gasteiger partial charge in [-0.1, -0.05) is 24.3 Å². The molecule has 0 unspecified atom stereocenters. The Kier molecular flexibility index (Phi) is 5.63. The average Bonchev–Trinajstić information content (AvgIpc) is 3.05. The molecule has 0 saturated heterocycles. The van der Waals surface area contributed by atoms with Gasteiger partial charge in [-0.15, -0.1) is 0 Å². The van der Waals surface area contributed by atoms with Crippen molar-refractivity contribution in [1.82, 2.24) is 24.8 Å². The number of hydrogen-bond acceptors (Lipinski definition) is 3. The van der Waals surface area contributed by atoms with E-state index in [1.54, 1.807) is 30.5 Å². The molecule has 134 valence electrons. The second kappa shape index (κ2) is 8.29. The Labute approximate surface area is 153 Å². The minimum atomic E-state index is -0.0994. The molecule has 0 atom stereocenters. The van der Waals surface area contributed by atoms with Crippen molar-refractivity contribution in [2.45, 2.75) is 26.6 Å². The Morgan fingerprint density at radius 2 is 1.88 bits per heavy atom. The van der Waals surface area contributed by atoms with Gasteiger partial charge in [0.05, 0.1) is 0 Å². The Bertz CT molecular complexity index is 859. The van der Waals surface area contributed by atoms with Gasteiger partial charge in [-0.3, -0.25) is 4.98 Å². The first kappa shape index (κ1) is 17.7. The molecule has 26 heavy (non-hydrogen) atoms. The number of carbonyl (C=O) groups is 1. The quantitative estimate of drug-likeness (QED) is 0.744. The lowest BCUT2D eigenvalue weighted by Crippen LogP contribution is -2.36. The summed E-state index contributed by atoms with van der Waals surface area (Å²) >= 11 is 0. The Hall–Kier alpha value is -3.15. The van der Waals surface area contributed by atoms with Gasteiger partial charge >= 0.3 is 6.03 Å². The zero-order valence-electron chi connectivity index (χ0n) is 15.1. The van der Waals surface area contributed by atoms with Crippen LogP contribution in [0.25, 0.3) is 0 Å². The second-order valence-electron chi connectivity index (χ2n) is 6.29. The monoisotopic (exact) mass is 349 g/mol. The Morgan fingerprint density at radius 3 is 2.62 bits per heavy atom. The molecular weight excluding hydrogens is 326 g/mol. The van der Waals surface area contributed by atoms with Gasteiger partial charge in [-0.2, -0.15) is 0 Å². The zero-order valence-corrected chi connectivity index (χ0v) is 15.1. The van der Waals surface area contributed by atoms with Gasteiger partial charge in [-0.05, 0) is 35.7 Å². The van der Waals surface area contributed by atoms with Crippen LogP contribution in [0.3, 0.4) is 0 Å². The second-order valence-corrected chi connectivity index (χ2v) is 6.29. The molecule has 0 fully saturated rings. The van der Waals surface area contributed by atoms with Crippen molar-refractivity contribution in [3.63, 3.8) is 0 Å². The van der Waals surface area contributed by atoms with Gasteiger partial charge in [0.25, 0.3) is 0 Å². The summed E-state index contributed by atoms with van der Waals surface area (Å²) in [5.74, 6) is 0.987. The molecule has 0 aliphatic carbocycles. The maximum Gasteiger partial charge on any atom is 0.317 e. The van der Waals surface area contributed by atoms with E-state index in [4.69, 9.17) is 0 Å². The third kappa shape index (κ3) is 4.69. The van der Waals surface area contributed by atoms with E-state index in [0.29, 0.717) is 13.1 Å². The van der Waals surface area contributed by atoms with Crippen LogP contribution in [0.2, 0.25) is 0 Å². The van der Waals surface area contributed by atoms with Gasteiger partial charge in [0.15, 0.2) is 0 Å². The van der Waals surface area contributed by atoms with E-state index < -0.39 is 0 Å². The van der Waals surface area contributed by atoms with E-state index in [-0.39, 0.29) is 6.03 Å². The minimum absolute atomic E-state index is 0.0994. The SMILES string of the molecule is Cc1nccn1Cc1cccc(CNC(=O)N(C)Cc2ccncc2)c1. The maximum atomic E-state index is 12.3. The van der Waals surface area contributed by atoms with E-state index in [1.807, 2.05) is 37.4 Å². The van der Waals surface area contributed by atoms with Crippen LogP contribution in [0.1, 0.15) is 22.5 Å². The molecule has 1 N–H and O–H groups in total. The van der Waals surface area contributed by atoms with Crippen molar-refractivity contribution in [3.05, 3.63) is 83.7 Å². The van der Waals surface area contributed by atoms with Crippen molar-refractivity contribution in [3.8, 4) is 0 Å². The molecule has 3 rings (SSSR count). The van der Waals surface area contributed by atoms with E-state index in [0.717, 1.165) is 23.5 Å². The number of hydrogen-bond donors (Lipinski definition) is 1. The van der Waals surface area contributed by atoms with Crippen molar-refractivity contribution in [2.24, 2.45) is 0 Å². The maximum absolute atomic E-state index is 12.3. The predicted octanol–water partition coefficient (Wildman–Crippen LogP) is 2.98. The van der Waals surface area contributed by atoms with Gasteiger partial charge < -0.3 is 14.8 Å². The fourth-order valence-electron chi connectivity index (χ4n) is 2.75. The van der Waals surface area contributed by atoms with Gasteiger partial charge in [-0.25, -0.2) is 9.78 Å². The zero-order chi connectivity index (χ0) is 18.4. The number of pyridine rings is 1. The molecule has 3 aromatic rings. The number of imidazole rings is 1. The standard InChI is InChI=1S/C20H23N5O/c1-16-22-10-11-25(16)15-19-5-3-4-18(12-19)13-23-20(26)24(2)14-17-6-8-21-9-7-17/h3-12H,13-15H2,1-2H3,(H,23,26). The van der Waals surface area contributed by atoms with Crippen LogP contribution in [0, 0.1) is 6.92 Å². The lowest BCUT2D eigenvalue weighted by molar-refractivity contribution is 0.206. The molecule has 0 spiro atoms. The number of aromatic nitrogens is 3. The summed E-state index contributed by atoms with van der Waals surface area (Å²) in [7, 11) is 1.79. The summed E-state index contributed by atoms with van der Waals surface area (Å²) in [6.45, 7) is 3.81. The number of nitrogens with zero attached hydrogens (tertiary/aromatic N) is 4. The largest absolute Gasteiger partial charge is 0.334 e. The van der Waals surface area contributed by atoms with Crippen LogP contribution in [-0.2, 0) is 19.6 Å². The van der Waals surface area contributed by atoms with Crippen molar-refractivity contribution >= 4 is 6.03 Å². The molecule has 2 amide bonds.